The van der Waals surface area contributed by atoms with E-state index in [2.05, 4.69) is 46.8 Å². The number of hydrogen-bond acceptors (Lipinski definition) is 2. The van der Waals surface area contributed by atoms with Gasteiger partial charge in [0.25, 0.3) is 0 Å². The molecule has 0 amide bonds. The first-order valence-corrected chi connectivity index (χ1v) is 4.58. The van der Waals surface area contributed by atoms with Gasteiger partial charge in [0.15, 0.2) is 0 Å². The van der Waals surface area contributed by atoms with Crippen LogP contribution in [0.25, 0.3) is 0 Å². The highest BCUT2D eigenvalue weighted by Crippen LogP contribution is 2.17. The van der Waals surface area contributed by atoms with Crippen molar-refractivity contribution in [3.05, 3.63) is 0 Å². The molecule has 1 unspecified atom stereocenters. The lowest BCUT2D eigenvalue weighted by atomic mass is 10.2. The molecule has 0 saturated carbocycles. The quantitative estimate of drug-likeness (QED) is 0.418. The zero-order valence-corrected chi connectivity index (χ0v) is 8.05. The van der Waals surface area contributed by atoms with Crippen LogP contribution in [0.2, 0.25) is 0 Å². The van der Waals surface area contributed by atoms with Gasteiger partial charge in [-0.3, -0.25) is 10.2 Å². The Kier molecular flexibility index (Phi) is 2.73. The molecule has 9 heavy (non-hydrogen) atoms. The number of nitrogens with zero attached hydrogens (tertiary/aromatic N) is 1. The van der Waals surface area contributed by atoms with Crippen LogP contribution in [0.15, 0.2) is 0 Å². The van der Waals surface area contributed by atoms with Gasteiger partial charge in [-0.1, -0.05) is 29.5 Å². The highest BCUT2D eigenvalue weighted by molar-refractivity contribution is 14.1. The Morgan fingerprint density at radius 1 is 1.78 bits per heavy atom. The van der Waals surface area contributed by atoms with Crippen LogP contribution in [0, 0.1) is 0 Å². The van der Waals surface area contributed by atoms with Crippen molar-refractivity contribution in [3.8, 4) is 0 Å². The molecule has 0 spiro atoms. The largest absolute Gasteiger partial charge is 0.291 e. The van der Waals surface area contributed by atoms with Crippen molar-refractivity contribution < 1.29 is 0 Å². The Morgan fingerprint density at radius 2 is 2.44 bits per heavy atom. The van der Waals surface area contributed by atoms with Crippen molar-refractivity contribution in [2.24, 2.45) is 0 Å². The van der Waals surface area contributed by atoms with Crippen molar-refractivity contribution in [1.82, 2.24) is 10.2 Å². The summed E-state index contributed by atoms with van der Waals surface area (Å²) in [6.45, 7) is 3.28. The Balaban J connectivity index is 2.44. The van der Waals surface area contributed by atoms with Crippen molar-refractivity contribution in [2.45, 2.75) is 23.4 Å². The van der Waals surface area contributed by atoms with Gasteiger partial charge in [-0.05, 0) is 13.5 Å². The first-order valence-electron chi connectivity index (χ1n) is 3.33. The first-order chi connectivity index (χ1) is 4.25. The summed E-state index contributed by atoms with van der Waals surface area (Å²) in [5.41, 5.74) is 0. The molecule has 0 radical (unpaired) electrons. The standard InChI is InChI=1S/C6H13IN2/c1-3-5-6(7)8-4-9(5)2/h5-6,8H,3-4H2,1-2H3/t5?,6-/m0/s1. The molecule has 1 fully saturated rings. The van der Waals surface area contributed by atoms with Crippen LogP contribution in [0.4, 0.5) is 0 Å². The van der Waals surface area contributed by atoms with Crippen LogP contribution in [0.1, 0.15) is 13.3 Å². The van der Waals surface area contributed by atoms with Gasteiger partial charge in [-0.15, -0.1) is 0 Å². The smallest absolute Gasteiger partial charge is 0.0761 e. The molecule has 1 aliphatic rings. The van der Waals surface area contributed by atoms with E-state index in [1.807, 2.05) is 0 Å². The van der Waals surface area contributed by atoms with E-state index in [4.69, 9.17) is 0 Å². The zero-order valence-electron chi connectivity index (χ0n) is 5.89. The Hall–Kier alpha value is 0.650. The Labute approximate surface area is 70.1 Å². The summed E-state index contributed by atoms with van der Waals surface area (Å²) in [6.07, 6.45) is 1.25. The summed E-state index contributed by atoms with van der Waals surface area (Å²) in [5, 5.41) is 3.38. The number of hydrogen-bond donors (Lipinski definition) is 1. The van der Waals surface area contributed by atoms with Crippen molar-refractivity contribution >= 4 is 22.6 Å². The second kappa shape index (κ2) is 3.16. The number of alkyl halides is 1. The summed E-state index contributed by atoms with van der Waals surface area (Å²) < 4.78 is 0.651. The molecule has 0 aromatic carbocycles. The number of nitrogens with one attached hydrogen (secondary N) is 1. The maximum Gasteiger partial charge on any atom is 0.0761 e. The fourth-order valence-electron chi connectivity index (χ4n) is 1.23. The van der Waals surface area contributed by atoms with Gasteiger partial charge in [0.2, 0.25) is 0 Å². The minimum Gasteiger partial charge on any atom is -0.291 e. The highest BCUT2D eigenvalue weighted by Gasteiger charge is 2.26. The maximum absolute atomic E-state index is 3.38. The molecule has 0 bridgehead atoms. The zero-order chi connectivity index (χ0) is 6.85. The fraction of sp³-hybridized carbons (Fsp3) is 1.00. The van der Waals surface area contributed by atoms with Gasteiger partial charge in [-0.25, -0.2) is 0 Å². The van der Waals surface area contributed by atoms with Crippen LogP contribution in [0.3, 0.4) is 0 Å². The number of likely N-dealkylation sites (N-methyl/N-ethyl adjacent to an activating group) is 1. The molecule has 3 heteroatoms. The molecule has 1 saturated heterocycles. The van der Waals surface area contributed by atoms with E-state index in [0.717, 1.165) is 12.7 Å². The minimum absolute atomic E-state index is 0.651. The lowest BCUT2D eigenvalue weighted by Gasteiger charge is -2.17. The van der Waals surface area contributed by atoms with Crippen LogP contribution in [-0.2, 0) is 0 Å². The van der Waals surface area contributed by atoms with Crippen LogP contribution in [0.5, 0.6) is 0 Å². The van der Waals surface area contributed by atoms with E-state index >= 15 is 0 Å². The average Bonchev–Trinajstić information content (AvgIpc) is 2.12. The molecule has 0 aliphatic carbocycles. The van der Waals surface area contributed by atoms with Gasteiger partial charge in [0.05, 0.1) is 4.05 Å². The molecule has 2 atom stereocenters. The summed E-state index contributed by atoms with van der Waals surface area (Å²) in [4.78, 5) is 2.36. The SMILES string of the molecule is CCC1[C@@H](I)NCN1C. The molecule has 2 nitrogen and oxygen atoms in total. The van der Waals surface area contributed by atoms with Gasteiger partial charge in [0.1, 0.15) is 0 Å². The van der Waals surface area contributed by atoms with Crippen molar-refractivity contribution in [3.63, 3.8) is 0 Å². The topological polar surface area (TPSA) is 15.3 Å². The van der Waals surface area contributed by atoms with E-state index in [-0.39, 0.29) is 0 Å². The van der Waals surface area contributed by atoms with E-state index in [1.54, 1.807) is 0 Å². The minimum atomic E-state index is 0.651. The third-order valence-electron chi connectivity index (χ3n) is 1.86. The summed E-state index contributed by atoms with van der Waals surface area (Å²) in [6, 6.07) is 0.741. The lowest BCUT2D eigenvalue weighted by Crippen LogP contribution is -2.29. The third kappa shape index (κ3) is 1.56. The molecule has 0 aromatic heterocycles. The molecule has 1 aliphatic heterocycles. The Bertz CT molecular complexity index is 87.1. The van der Waals surface area contributed by atoms with Gasteiger partial charge in [-0.2, -0.15) is 0 Å². The van der Waals surface area contributed by atoms with Gasteiger partial charge < -0.3 is 0 Å². The van der Waals surface area contributed by atoms with Crippen LogP contribution in [-0.4, -0.2) is 28.7 Å². The predicted molar refractivity (Wildman–Crippen MR) is 47.7 cm³/mol. The second-order valence-electron chi connectivity index (χ2n) is 2.50. The second-order valence-corrected chi connectivity index (χ2v) is 3.84. The van der Waals surface area contributed by atoms with Crippen LogP contribution >= 0.6 is 22.6 Å². The molecule has 1 rings (SSSR count). The van der Waals surface area contributed by atoms with Crippen molar-refractivity contribution in [1.29, 1.82) is 0 Å². The summed E-state index contributed by atoms with van der Waals surface area (Å²) in [7, 11) is 2.17. The van der Waals surface area contributed by atoms with Crippen LogP contribution < -0.4 is 5.32 Å². The van der Waals surface area contributed by atoms with Gasteiger partial charge >= 0.3 is 0 Å². The molecule has 0 aromatic rings. The van der Waals surface area contributed by atoms with Gasteiger partial charge in [0, 0.05) is 12.7 Å². The third-order valence-corrected chi connectivity index (χ3v) is 3.13. The lowest BCUT2D eigenvalue weighted by molar-refractivity contribution is 0.307. The molecule has 1 N–H and O–H groups in total. The van der Waals surface area contributed by atoms with E-state index in [0.29, 0.717) is 4.05 Å². The fourth-order valence-corrected chi connectivity index (χ4v) is 2.48. The number of halogens is 1. The monoisotopic (exact) mass is 240 g/mol. The van der Waals surface area contributed by atoms with E-state index in [1.165, 1.54) is 6.42 Å². The first kappa shape index (κ1) is 7.75. The predicted octanol–water partition coefficient (Wildman–Crippen LogP) is 1.02. The average molecular weight is 240 g/mol. The summed E-state index contributed by atoms with van der Waals surface area (Å²) >= 11 is 2.46. The van der Waals surface area contributed by atoms with Crippen molar-refractivity contribution in [2.75, 3.05) is 13.7 Å². The summed E-state index contributed by atoms with van der Waals surface area (Å²) in [5.74, 6) is 0. The maximum atomic E-state index is 3.38. The van der Waals surface area contributed by atoms with E-state index in [9.17, 15) is 0 Å². The highest BCUT2D eigenvalue weighted by atomic mass is 127. The molecular formula is C6H13IN2. The molecule has 54 valence electrons. The van der Waals surface area contributed by atoms with E-state index < -0.39 is 0 Å². The number of rotatable bonds is 1. The normalized spacial score (nSPS) is 37.7. The molecular weight excluding hydrogens is 227 g/mol. The molecule has 1 heterocycles. The Morgan fingerprint density at radius 3 is 2.67 bits per heavy atom.